The first-order chi connectivity index (χ1) is 7.13. The highest BCUT2D eigenvalue weighted by Crippen LogP contribution is 2.03. The van der Waals surface area contributed by atoms with E-state index in [0.29, 0.717) is 12.1 Å². The standard InChI is InChI=1S/C11H16N2O2/c1-8-4-3-5-10(6-8)11(14)13-7-9(2)15-12/h3-6,9H,7,12H2,1-2H3,(H,13,14). The van der Waals surface area contributed by atoms with Gasteiger partial charge in [-0.25, -0.2) is 5.90 Å². The first-order valence-corrected chi connectivity index (χ1v) is 4.84. The molecule has 0 spiro atoms. The number of hydrogen-bond donors (Lipinski definition) is 2. The Morgan fingerprint density at radius 1 is 1.60 bits per heavy atom. The molecule has 0 aromatic heterocycles. The van der Waals surface area contributed by atoms with Crippen LogP contribution < -0.4 is 11.2 Å². The summed E-state index contributed by atoms with van der Waals surface area (Å²) in [6, 6.07) is 7.41. The second kappa shape index (κ2) is 5.48. The third-order valence-corrected chi connectivity index (χ3v) is 2.06. The summed E-state index contributed by atoms with van der Waals surface area (Å²) in [5, 5.41) is 2.73. The smallest absolute Gasteiger partial charge is 0.251 e. The van der Waals surface area contributed by atoms with Crippen molar-refractivity contribution >= 4 is 5.91 Å². The van der Waals surface area contributed by atoms with Crippen LogP contribution in [0, 0.1) is 6.92 Å². The number of hydrogen-bond acceptors (Lipinski definition) is 3. The Hall–Kier alpha value is -1.39. The molecular formula is C11H16N2O2. The molecule has 0 fully saturated rings. The summed E-state index contributed by atoms with van der Waals surface area (Å²) in [5.74, 6) is 4.86. The van der Waals surface area contributed by atoms with Crippen molar-refractivity contribution in [2.75, 3.05) is 6.54 Å². The van der Waals surface area contributed by atoms with E-state index in [0.717, 1.165) is 5.56 Å². The summed E-state index contributed by atoms with van der Waals surface area (Å²) in [7, 11) is 0. The van der Waals surface area contributed by atoms with Crippen molar-refractivity contribution in [3.8, 4) is 0 Å². The van der Waals surface area contributed by atoms with Crippen LogP contribution >= 0.6 is 0 Å². The van der Waals surface area contributed by atoms with Crippen LogP contribution in [0.2, 0.25) is 0 Å². The first kappa shape index (κ1) is 11.7. The number of nitrogens with two attached hydrogens (primary N) is 1. The highest BCUT2D eigenvalue weighted by Gasteiger charge is 2.06. The van der Waals surface area contributed by atoms with Gasteiger partial charge in [-0.05, 0) is 26.0 Å². The van der Waals surface area contributed by atoms with Gasteiger partial charge in [-0.3, -0.25) is 9.63 Å². The van der Waals surface area contributed by atoms with Crippen molar-refractivity contribution in [1.82, 2.24) is 5.32 Å². The normalized spacial score (nSPS) is 12.2. The lowest BCUT2D eigenvalue weighted by molar-refractivity contribution is 0.0622. The molecular weight excluding hydrogens is 192 g/mol. The third kappa shape index (κ3) is 3.69. The molecule has 1 aromatic carbocycles. The van der Waals surface area contributed by atoms with Crippen LogP contribution in [-0.2, 0) is 4.84 Å². The maximum absolute atomic E-state index is 11.6. The number of amides is 1. The highest BCUT2D eigenvalue weighted by atomic mass is 16.6. The van der Waals surface area contributed by atoms with Crippen LogP contribution in [-0.4, -0.2) is 18.6 Å². The Morgan fingerprint density at radius 3 is 2.93 bits per heavy atom. The molecule has 1 unspecified atom stereocenters. The van der Waals surface area contributed by atoms with Crippen LogP contribution in [0.3, 0.4) is 0 Å². The van der Waals surface area contributed by atoms with E-state index in [1.54, 1.807) is 13.0 Å². The number of benzene rings is 1. The maximum atomic E-state index is 11.6. The Kier molecular flexibility index (Phi) is 4.27. The van der Waals surface area contributed by atoms with Crippen molar-refractivity contribution in [3.05, 3.63) is 35.4 Å². The summed E-state index contributed by atoms with van der Waals surface area (Å²) >= 11 is 0. The van der Waals surface area contributed by atoms with E-state index < -0.39 is 0 Å². The zero-order valence-electron chi connectivity index (χ0n) is 8.99. The minimum absolute atomic E-state index is 0.109. The molecule has 4 nitrogen and oxygen atoms in total. The van der Waals surface area contributed by atoms with Gasteiger partial charge in [-0.15, -0.1) is 0 Å². The Balaban J connectivity index is 2.54. The summed E-state index contributed by atoms with van der Waals surface area (Å²) in [4.78, 5) is 16.2. The van der Waals surface area contributed by atoms with E-state index in [-0.39, 0.29) is 12.0 Å². The molecule has 0 aliphatic carbocycles. The van der Waals surface area contributed by atoms with Gasteiger partial charge in [0.2, 0.25) is 0 Å². The zero-order chi connectivity index (χ0) is 11.3. The van der Waals surface area contributed by atoms with Crippen molar-refractivity contribution in [2.45, 2.75) is 20.0 Å². The van der Waals surface area contributed by atoms with Crippen LogP contribution in [0.5, 0.6) is 0 Å². The molecule has 0 aliphatic heterocycles. The highest BCUT2D eigenvalue weighted by molar-refractivity contribution is 5.94. The predicted octanol–water partition coefficient (Wildman–Crippen LogP) is 1.00. The third-order valence-electron chi connectivity index (χ3n) is 2.06. The van der Waals surface area contributed by atoms with Gasteiger partial charge in [-0.2, -0.15) is 0 Å². The summed E-state index contributed by atoms with van der Waals surface area (Å²) in [6.45, 7) is 4.14. The van der Waals surface area contributed by atoms with E-state index in [9.17, 15) is 4.79 Å². The SMILES string of the molecule is Cc1cccc(C(=O)NCC(C)ON)c1. The number of carbonyl (C=O) groups excluding carboxylic acids is 1. The summed E-state index contributed by atoms with van der Waals surface area (Å²) in [5.41, 5.74) is 1.71. The molecule has 0 radical (unpaired) electrons. The Labute approximate surface area is 89.4 Å². The largest absolute Gasteiger partial charge is 0.349 e. The second-order valence-electron chi connectivity index (χ2n) is 3.53. The lowest BCUT2D eigenvalue weighted by atomic mass is 10.1. The molecule has 4 heteroatoms. The Morgan fingerprint density at radius 2 is 2.33 bits per heavy atom. The molecule has 3 N–H and O–H groups in total. The average molecular weight is 208 g/mol. The van der Waals surface area contributed by atoms with Gasteiger partial charge >= 0.3 is 0 Å². The molecule has 15 heavy (non-hydrogen) atoms. The lowest BCUT2D eigenvalue weighted by Crippen LogP contribution is -2.33. The molecule has 1 atom stereocenters. The molecule has 0 heterocycles. The minimum atomic E-state index is -0.182. The molecule has 0 saturated heterocycles. The fraction of sp³-hybridized carbons (Fsp3) is 0.364. The average Bonchev–Trinajstić information content (AvgIpc) is 2.25. The fourth-order valence-electron chi connectivity index (χ4n) is 1.17. The molecule has 0 bridgehead atoms. The monoisotopic (exact) mass is 208 g/mol. The van der Waals surface area contributed by atoms with Gasteiger partial charge in [0.25, 0.3) is 5.91 Å². The fourth-order valence-corrected chi connectivity index (χ4v) is 1.17. The summed E-state index contributed by atoms with van der Waals surface area (Å²) in [6.07, 6.45) is -0.182. The van der Waals surface area contributed by atoms with Crippen molar-refractivity contribution in [1.29, 1.82) is 0 Å². The zero-order valence-corrected chi connectivity index (χ0v) is 8.99. The molecule has 1 amide bonds. The number of nitrogens with one attached hydrogen (secondary N) is 1. The van der Waals surface area contributed by atoms with Gasteiger partial charge in [0, 0.05) is 12.1 Å². The van der Waals surface area contributed by atoms with E-state index in [1.807, 2.05) is 25.1 Å². The van der Waals surface area contributed by atoms with Crippen LogP contribution in [0.1, 0.15) is 22.8 Å². The van der Waals surface area contributed by atoms with Crippen molar-refractivity contribution in [2.24, 2.45) is 5.90 Å². The van der Waals surface area contributed by atoms with Crippen LogP contribution in [0.15, 0.2) is 24.3 Å². The van der Waals surface area contributed by atoms with Gasteiger partial charge in [-0.1, -0.05) is 17.7 Å². The minimum Gasteiger partial charge on any atom is -0.349 e. The number of aryl methyl sites for hydroxylation is 1. The van der Waals surface area contributed by atoms with Gasteiger partial charge in [0.15, 0.2) is 0 Å². The molecule has 0 saturated carbocycles. The van der Waals surface area contributed by atoms with Gasteiger partial charge in [0.05, 0.1) is 6.10 Å². The van der Waals surface area contributed by atoms with E-state index in [2.05, 4.69) is 10.2 Å². The molecule has 0 aliphatic rings. The van der Waals surface area contributed by atoms with E-state index >= 15 is 0 Å². The van der Waals surface area contributed by atoms with Gasteiger partial charge < -0.3 is 5.32 Å². The predicted molar refractivity (Wildman–Crippen MR) is 58.2 cm³/mol. The topological polar surface area (TPSA) is 64.3 Å². The quantitative estimate of drug-likeness (QED) is 0.726. The number of rotatable bonds is 4. The molecule has 1 rings (SSSR count). The molecule has 1 aromatic rings. The van der Waals surface area contributed by atoms with Crippen LogP contribution in [0.4, 0.5) is 0 Å². The lowest BCUT2D eigenvalue weighted by Gasteiger charge is -2.10. The van der Waals surface area contributed by atoms with E-state index in [1.165, 1.54) is 0 Å². The maximum Gasteiger partial charge on any atom is 0.251 e. The Bertz CT molecular complexity index is 339. The number of carbonyl (C=O) groups is 1. The van der Waals surface area contributed by atoms with Crippen molar-refractivity contribution in [3.63, 3.8) is 0 Å². The molecule has 82 valence electrons. The second-order valence-corrected chi connectivity index (χ2v) is 3.53. The van der Waals surface area contributed by atoms with Crippen molar-refractivity contribution < 1.29 is 9.63 Å². The summed E-state index contributed by atoms with van der Waals surface area (Å²) < 4.78 is 0. The van der Waals surface area contributed by atoms with Gasteiger partial charge in [0.1, 0.15) is 0 Å². The first-order valence-electron chi connectivity index (χ1n) is 4.84. The van der Waals surface area contributed by atoms with Crippen LogP contribution in [0.25, 0.3) is 0 Å². The van der Waals surface area contributed by atoms with E-state index in [4.69, 9.17) is 5.90 Å².